The van der Waals surface area contributed by atoms with Gasteiger partial charge in [-0.15, -0.1) is 0 Å². The van der Waals surface area contributed by atoms with E-state index in [1.807, 2.05) is 32.9 Å². The number of hydrogen-bond donors (Lipinski definition) is 1. The minimum Gasteiger partial charge on any atom is -0.474 e. The number of esters is 1. The van der Waals surface area contributed by atoms with Gasteiger partial charge < -0.3 is 20.0 Å². The molecular weight excluding hydrogens is 468 g/mol. The fourth-order valence-electron chi connectivity index (χ4n) is 3.88. The SMILES string of the molecule is C=C(O/N=C(\N)c1cccc2c1CCCN(CCC(=O)OCC)C2)c1cnc(OC(C)C)c(Cl)c1. The van der Waals surface area contributed by atoms with Crippen LogP contribution in [-0.4, -0.2) is 47.5 Å². The van der Waals surface area contributed by atoms with Gasteiger partial charge in [0.05, 0.1) is 19.1 Å². The van der Waals surface area contributed by atoms with Gasteiger partial charge in [-0.3, -0.25) is 9.69 Å². The number of oxime groups is 1. The van der Waals surface area contributed by atoms with E-state index in [0.717, 1.165) is 42.6 Å². The minimum atomic E-state index is -0.168. The Morgan fingerprint density at radius 1 is 1.37 bits per heavy atom. The molecule has 0 radical (unpaired) electrons. The molecule has 1 aromatic carbocycles. The van der Waals surface area contributed by atoms with Crippen LogP contribution in [0.5, 0.6) is 5.88 Å². The Balaban J connectivity index is 1.69. The summed E-state index contributed by atoms with van der Waals surface area (Å²) in [6, 6.07) is 7.65. The Morgan fingerprint density at radius 3 is 2.89 bits per heavy atom. The van der Waals surface area contributed by atoms with Crippen LogP contribution < -0.4 is 10.5 Å². The van der Waals surface area contributed by atoms with Crippen molar-refractivity contribution in [3.05, 3.63) is 64.3 Å². The number of rotatable bonds is 10. The molecule has 0 bridgehead atoms. The summed E-state index contributed by atoms with van der Waals surface area (Å²) < 4.78 is 10.6. The Hall–Kier alpha value is -3.10. The average Bonchev–Trinajstić information content (AvgIpc) is 3.04. The third-order valence-corrected chi connectivity index (χ3v) is 5.78. The number of benzene rings is 1. The number of ether oxygens (including phenoxy) is 2. The number of carbonyl (C=O) groups is 1. The molecule has 0 spiro atoms. The van der Waals surface area contributed by atoms with Crippen LogP contribution in [0.25, 0.3) is 5.76 Å². The largest absolute Gasteiger partial charge is 0.474 e. The molecule has 2 N–H and O–H groups in total. The lowest BCUT2D eigenvalue weighted by Gasteiger charge is -2.20. The zero-order valence-corrected chi connectivity index (χ0v) is 21.3. The first-order chi connectivity index (χ1) is 16.8. The monoisotopic (exact) mass is 500 g/mol. The second-order valence-corrected chi connectivity index (χ2v) is 8.95. The van der Waals surface area contributed by atoms with Crippen LogP contribution in [0.4, 0.5) is 0 Å². The molecule has 9 heteroatoms. The van der Waals surface area contributed by atoms with Crippen molar-refractivity contribution < 1.29 is 19.1 Å². The van der Waals surface area contributed by atoms with Gasteiger partial charge in [0.1, 0.15) is 5.02 Å². The lowest BCUT2D eigenvalue weighted by atomic mass is 9.97. The van der Waals surface area contributed by atoms with Gasteiger partial charge in [-0.05, 0) is 57.4 Å². The van der Waals surface area contributed by atoms with E-state index in [2.05, 4.69) is 27.7 Å². The summed E-state index contributed by atoms with van der Waals surface area (Å²) in [6.07, 6.45) is 3.71. The fraction of sp³-hybridized carbons (Fsp3) is 0.423. The van der Waals surface area contributed by atoms with E-state index in [9.17, 15) is 4.79 Å². The maximum atomic E-state index is 11.7. The maximum absolute atomic E-state index is 11.7. The topological polar surface area (TPSA) is 99.3 Å². The van der Waals surface area contributed by atoms with Crippen LogP contribution in [0.15, 0.2) is 42.2 Å². The predicted molar refractivity (Wildman–Crippen MR) is 137 cm³/mol. The highest BCUT2D eigenvalue weighted by Crippen LogP contribution is 2.27. The van der Waals surface area contributed by atoms with E-state index in [-0.39, 0.29) is 23.7 Å². The first kappa shape index (κ1) is 26.5. The van der Waals surface area contributed by atoms with E-state index >= 15 is 0 Å². The average molecular weight is 501 g/mol. The van der Waals surface area contributed by atoms with E-state index in [1.54, 1.807) is 12.3 Å². The third kappa shape index (κ3) is 7.44. The molecule has 35 heavy (non-hydrogen) atoms. The summed E-state index contributed by atoms with van der Waals surface area (Å²) in [5.41, 5.74) is 10.0. The Bertz CT molecular complexity index is 1090. The van der Waals surface area contributed by atoms with Gasteiger partial charge in [-0.1, -0.05) is 41.5 Å². The lowest BCUT2D eigenvalue weighted by Crippen LogP contribution is -2.26. The normalized spacial score (nSPS) is 14.3. The predicted octanol–water partition coefficient (Wildman–Crippen LogP) is 4.53. The minimum absolute atomic E-state index is 0.0413. The van der Waals surface area contributed by atoms with Crippen molar-refractivity contribution in [3.8, 4) is 5.88 Å². The van der Waals surface area contributed by atoms with Gasteiger partial charge in [0.2, 0.25) is 5.88 Å². The number of amidine groups is 1. The highest BCUT2D eigenvalue weighted by molar-refractivity contribution is 6.32. The van der Waals surface area contributed by atoms with Crippen molar-refractivity contribution in [2.24, 2.45) is 10.9 Å². The number of nitrogens with zero attached hydrogens (tertiary/aromatic N) is 3. The van der Waals surface area contributed by atoms with Gasteiger partial charge in [0.25, 0.3) is 0 Å². The summed E-state index contributed by atoms with van der Waals surface area (Å²) in [5, 5.41) is 4.49. The first-order valence-electron chi connectivity index (χ1n) is 11.8. The number of hydrogen-bond acceptors (Lipinski definition) is 7. The van der Waals surface area contributed by atoms with Crippen LogP contribution in [0, 0.1) is 0 Å². The molecule has 3 rings (SSSR count). The van der Waals surface area contributed by atoms with Gasteiger partial charge in [-0.25, -0.2) is 4.98 Å². The van der Waals surface area contributed by atoms with Crippen molar-refractivity contribution in [2.75, 3.05) is 19.7 Å². The molecule has 0 amide bonds. The molecule has 1 aliphatic rings. The molecule has 8 nitrogen and oxygen atoms in total. The van der Waals surface area contributed by atoms with Crippen LogP contribution in [0.3, 0.4) is 0 Å². The molecule has 0 fully saturated rings. The number of nitrogens with two attached hydrogens (primary N) is 1. The second-order valence-electron chi connectivity index (χ2n) is 8.55. The standard InChI is InChI=1S/C26H33ClN4O4/c1-5-33-24(32)11-13-31-12-7-10-21-19(16-31)8-6-9-22(21)25(28)30-35-18(4)20-14-23(27)26(29-15-20)34-17(2)3/h6,8-9,14-15,17H,4-5,7,10-13,16H2,1-3H3,(H2,28,30). The number of halogens is 1. The molecule has 0 atom stereocenters. The summed E-state index contributed by atoms with van der Waals surface area (Å²) in [4.78, 5) is 23.8. The van der Waals surface area contributed by atoms with Gasteiger partial charge in [0.15, 0.2) is 11.6 Å². The van der Waals surface area contributed by atoms with E-state index in [1.165, 1.54) is 0 Å². The summed E-state index contributed by atoms with van der Waals surface area (Å²) >= 11 is 6.26. The van der Waals surface area contributed by atoms with E-state index in [4.69, 9.17) is 31.6 Å². The molecular formula is C26H33ClN4O4. The first-order valence-corrected chi connectivity index (χ1v) is 12.2. The maximum Gasteiger partial charge on any atom is 0.307 e. The number of pyridine rings is 1. The second kappa shape index (κ2) is 12.6. The molecule has 0 aliphatic carbocycles. The lowest BCUT2D eigenvalue weighted by molar-refractivity contribution is -0.143. The quantitative estimate of drug-likeness (QED) is 0.168. The van der Waals surface area contributed by atoms with Gasteiger partial charge >= 0.3 is 5.97 Å². The molecule has 188 valence electrons. The highest BCUT2D eigenvalue weighted by Gasteiger charge is 2.19. The smallest absolute Gasteiger partial charge is 0.307 e. The van der Waals surface area contributed by atoms with Crippen LogP contribution in [-0.2, 0) is 27.3 Å². The Morgan fingerprint density at radius 2 is 2.17 bits per heavy atom. The van der Waals surface area contributed by atoms with Crippen LogP contribution in [0.2, 0.25) is 5.02 Å². The summed E-state index contributed by atoms with van der Waals surface area (Å²) in [7, 11) is 0. The van der Waals surface area contributed by atoms with Crippen molar-refractivity contribution in [2.45, 2.75) is 52.7 Å². The van der Waals surface area contributed by atoms with Crippen LogP contribution in [0.1, 0.15) is 55.9 Å². The Labute approximate surface area is 211 Å². The molecule has 1 aromatic heterocycles. The van der Waals surface area contributed by atoms with Crippen molar-refractivity contribution in [3.63, 3.8) is 0 Å². The molecule has 2 heterocycles. The van der Waals surface area contributed by atoms with Crippen LogP contribution >= 0.6 is 11.6 Å². The number of carbonyl (C=O) groups excluding carboxylic acids is 1. The molecule has 2 aromatic rings. The number of aromatic nitrogens is 1. The zero-order chi connectivity index (χ0) is 25.4. The summed E-state index contributed by atoms with van der Waals surface area (Å²) in [5.74, 6) is 0.718. The molecule has 0 unspecified atom stereocenters. The molecule has 0 saturated heterocycles. The zero-order valence-electron chi connectivity index (χ0n) is 20.6. The van der Waals surface area contributed by atoms with Crippen molar-refractivity contribution in [1.82, 2.24) is 9.88 Å². The van der Waals surface area contributed by atoms with Gasteiger partial charge in [0, 0.05) is 30.4 Å². The molecule has 1 aliphatic heterocycles. The molecule has 0 saturated carbocycles. The highest BCUT2D eigenvalue weighted by atomic mass is 35.5. The van der Waals surface area contributed by atoms with E-state index < -0.39 is 0 Å². The Kier molecular flexibility index (Phi) is 9.51. The van der Waals surface area contributed by atoms with Gasteiger partial charge in [-0.2, -0.15) is 0 Å². The fourth-order valence-corrected chi connectivity index (χ4v) is 4.10. The third-order valence-electron chi connectivity index (χ3n) is 5.51. The van der Waals surface area contributed by atoms with E-state index in [0.29, 0.717) is 36.0 Å². The van der Waals surface area contributed by atoms with Crippen molar-refractivity contribution in [1.29, 1.82) is 0 Å². The van der Waals surface area contributed by atoms with Crippen molar-refractivity contribution >= 4 is 29.2 Å². The number of fused-ring (bicyclic) bond motifs is 1. The summed E-state index contributed by atoms with van der Waals surface area (Å²) in [6.45, 7) is 12.2.